The fraction of sp³-hybridized carbons (Fsp3) is 1.00. The van der Waals surface area contributed by atoms with E-state index in [2.05, 4.69) is 38.0 Å². The lowest BCUT2D eigenvalue weighted by Crippen LogP contribution is -2.54. The van der Waals surface area contributed by atoms with Crippen LogP contribution in [-0.2, 0) is 0 Å². The molecule has 0 amide bonds. The largest absolute Gasteiger partial charge is 0.313 e. The van der Waals surface area contributed by atoms with Gasteiger partial charge in [0.2, 0.25) is 0 Å². The molecule has 0 aromatic rings. The highest BCUT2D eigenvalue weighted by Crippen LogP contribution is 2.65. The lowest BCUT2D eigenvalue weighted by molar-refractivity contribution is -0.111. The van der Waals surface area contributed by atoms with Gasteiger partial charge in [-0.15, -0.1) is 0 Å². The maximum atomic E-state index is 3.55. The van der Waals surface area contributed by atoms with Gasteiger partial charge in [-0.1, -0.05) is 20.8 Å². The van der Waals surface area contributed by atoms with E-state index in [1.807, 2.05) is 0 Å². The first-order valence-corrected chi connectivity index (χ1v) is 8.80. The third kappa shape index (κ3) is 3.06. The lowest BCUT2D eigenvalue weighted by Gasteiger charge is -2.62. The van der Waals surface area contributed by atoms with E-state index >= 15 is 0 Å². The zero-order valence-electron chi connectivity index (χ0n) is 14.0. The van der Waals surface area contributed by atoms with E-state index in [0.717, 1.165) is 18.4 Å². The molecule has 4 aliphatic carbocycles. The van der Waals surface area contributed by atoms with E-state index in [4.69, 9.17) is 0 Å². The van der Waals surface area contributed by atoms with Gasteiger partial charge in [0.25, 0.3) is 0 Å². The molecule has 0 heterocycles. The third-order valence-electron chi connectivity index (χ3n) is 6.13. The van der Waals surface area contributed by atoms with Gasteiger partial charge < -0.3 is 10.2 Å². The normalized spacial score (nSPS) is 42.9. The molecule has 4 aliphatic rings. The van der Waals surface area contributed by atoms with E-state index in [0.29, 0.717) is 16.9 Å². The Labute approximate surface area is 125 Å². The van der Waals surface area contributed by atoms with Crippen molar-refractivity contribution in [1.82, 2.24) is 10.2 Å². The number of nitrogens with zero attached hydrogens (tertiary/aromatic N) is 1. The van der Waals surface area contributed by atoms with Crippen molar-refractivity contribution in [3.8, 4) is 0 Å². The van der Waals surface area contributed by atoms with E-state index in [1.165, 1.54) is 45.2 Å². The molecule has 0 aromatic carbocycles. The van der Waals surface area contributed by atoms with Crippen molar-refractivity contribution in [2.75, 3.05) is 26.7 Å². The third-order valence-corrected chi connectivity index (χ3v) is 6.13. The highest BCUT2D eigenvalue weighted by atomic mass is 15.1. The predicted molar refractivity (Wildman–Crippen MR) is 85.9 cm³/mol. The van der Waals surface area contributed by atoms with E-state index in [1.54, 1.807) is 6.42 Å². The highest BCUT2D eigenvalue weighted by molar-refractivity contribution is 5.06. The Morgan fingerprint density at radius 1 is 1.15 bits per heavy atom. The minimum Gasteiger partial charge on any atom is -0.313 e. The quantitative estimate of drug-likeness (QED) is 0.799. The Morgan fingerprint density at radius 2 is 1.80 bits per heavy atom. The second-order valence-corrected chi connectivity index (χ2v) is 9.12. The molecule has 4 rings (SSSR count). The summed E-state index contributed by atoms with van der Waals surface area (Å²) in [4.78, 5) is 2.60. The van der Waals surface area contributed by atoms with Crippen LogP contribution in [0.2, 0.25) is 0 Å². The molecule has 4 bridgehead atoms. The molecule has 2 heteroatoms. The standard InChI is InChI=1S/C18H34N2/c1-14(2)19-5-6-20(4)13-18-10-15-7-16(11-18)9-17(3,8-15)12-18/h14-16,19H,5-13H2,1-4H3. The van der Waals surface area contributed by atoms with Gasteiger partial charge in [-0.25, -0.2) is 0 Å². The zero-order chi connectivity index (χ0) is 14.4. The average molecular weight is 278 g/mol. The smallest absolute Gasteiger partial charge is 0.0104 e. The van der Waals surface area contributed by atoms with Gasteiger partial charge in [0.15, 0.2) is 0 Å². The zero-order valence-corrected chi connectivity index (χ0v) is 14.0. The molecule has 2 unspecified atom stereocenters. The van der Waals surface area contributed by atoms with Crippen molar-refractivity contribution in [1.29, 1.82) is 0 Å². The molecular formula is C18H34N2. The summed E-state index contributed by atoms with van der Waals surface area (Å²) in [6.45, 7) is 10.7. The first kappa shape index (κ1) is 14.8. The number of nitrogens with one attached hydrogen (secondary N) is 1. The SMILES string of the molecule is CC(C)NCCN(C)CC12CC3CC(CC(C)(C3)C1)C2. The van der Waals surface area contributed by atoms with Crippen LogP contribution in [0.4, 0.5) is 0 Å². The molecule has 2 atom stereocenters. The molecule has 0 radical (unpaired) electrons. The van der Waals surface area contributed by atoms with Gasteiger partial charge in [-0.2, -0.15) is 0 Å². The van der Waals surface area contributed by atoms with Crippen molar-refractivity contribution in [2.45, 2.75) is 65.3 Å². The van der Waals surface area contributed by atoms with Crippen LogP contribution in [-0.4, -0.2) is 37.6 Å². The van der Waals surface area contributed by atoms with Crippen LogP contribution in [0.1, 0.15) is 59.3 Å². The molecule has 20 heavy (non-hydrogen) atoms. The Hall–Kier alpha value is -0.0800. The molecule has 4 fully saturated rings. The molecule has 116 valence electrons. The van der Waals surface area contributed by atoms with Gasteiger partial charge in [0, 0.05) is 25.7 Å². The van der Waals surface area contributed by atoms with Gasteiger partial charge in [0.05, 0.1) is 0 Å². The summed E-state index contributed by atoms with van der Waals surface area (Å²) in [5, 5.41) is 3.55. The molecule has 4 saturated carbocycles. The Balaban J connectivity index is 1.56. The van der Waals surface area contributed by atoms with Crippen molar-refractivity contribution in [3.63, 3.8) is 0 Å². The Bertz CT molecular complexity index is 335. The van der Waals surface area contributed by atoms with Crippen LogP contribution >= 0.6 is 0 Å². The maximum absolute atomic E-state index is 3.55. The number of hydrogen-bond donors (Lipinski definition) is 1. The number of rotatable bonds is 6. The fourth-order valence-electron chi connectivity index (χ4n) is 6.31. The number of likely N-dealkylation sites (N-methyl/N-ethyl adjacent to an activating group) is 1. The molecule has 0 aliphatic heterocycles. The van der Waals surface area contributed by atoms with Crippen LogP contribution in [0.5, 0.6) is 0 Å². The summed E-state index contributed by atoms with van der Waals surface area (Å²) in [6.07, 6.45) is 9.18. The summed E-state index contributed by atoms with van der Waals surface area (Å²) in [6, 6.07) is 0.613. The van der Waals surface area contributed by atoms with Crippen LogP contribution in [0.25, 0.3) is 0 Å². The summed E-state index contributed by atoms with van der Waals surface area (Å²) >= 11 is 0. The van der Waals surface area contributed by atoms with Gasteiger partial charge >= 0.3 is 0 Å². The van der Waals surface area contributed by atoms with Crippen LogP contribution in [0.3, 0.4) is 0 Å². The fourth-order valence-corrected chi connectivity index (χ4v) is 6.31. The van der Waals surface area contributed by atoms with Gasteiger partial charge in [0.1, 0.15) is 0 Å². The summed E-state index contributed by atoms with van der Waals surface area (Å²) in [7, 11) is 2.34. The monoisotopic (exact) mass is 278 g/mol. The van der Waals surface area contributed by atoms with Gasteiger partial charge in [-0.3, -0.25) is 0 Å². The molecule has 0 aromatic heterocycles. The van der Waals surface area contributed by atoms with Gasteiger partial charge in [-0.05, 0) is 68.2 Å². The first-order valence-electron chi connectivity index (χ1n) is 8.80. The maximum Gasteiger partial charge on any atom is 0.0104 e. The van der Waals surface area contributed by atoms with Crippen LogP contribution in [0, 0.1) is 22.7 Å². The average Bonchev–Trinajstić information content (AvgIpc) is 2.23. The molecule has 0 spiro atoms. The molecule has 1 N–H and O–H groups in total. The van der Waals surface area contributed by atoms with Crippen molar-refractivity contribution >= 4 is 0 Å². The van der Waals surface area contributed by atoms with E-state index in [-0.39, 0.29) is 0 Å². The Morgan fingerprint density at radius 3 is 2.35 bits per heavy atom. The van der Waals surface area contributed by atoms with Crippen LogP contribution in [0.15, 0.2) is 0 Å². The van der Waals surface area contributed by atoms with Crippen molar-refractivity contribution < 1.29 is 0 Å². The summed E-state index contributed by atoms with van der Waals surface area (Å²) < 4.78 is 0. The molecule has 2 nitrogen and oxygen atoms in total. The minimum absolute atomic E-state index is 0.613. The minimum atomic E-state index is 0.613. The first-order chi connectivity index (χ1) is 9.38. The summed E-state index contributed by atoms with van der Waals surface area (Å²) in [5.41, 5.74) is 1.37. The van der Waals surface area contributed by atoms with Crippen molar-refractivity contribution in [3.05, 3.63) is 0 Å². The highest BCUT2D eigenvalue weighted by Gasteiger charge is 2.55. The topological polar surface area (TPSA) is 15.3 Å². The molecule has 0 saturated heterocycles. The lowest BCUT2D eigenvalue weighted by atomic mass is 9.44. The molecular weight excluding hydrogens is 244 g/mol. The van der Waals surface area contributed by atoms with Crippen LogP contribution < -0.4 is 5.32 Å². The Kier molecular flexibility index (Phi) is 3.92. The summed E-state index contributed by atoms with van der Waals surface area (Å²) in [5.74, 6) is 2.12. The predicted octanol–water partition coefficient (Wildman–Crippen LogP) is 3.52. The second kappa shape index (κ2) is 5.28. The van der Waals surface area contributed by atoms with Crippen molar-refractivity contribution in [2.24, 2.45) is 22.7 Å². The second-order valence-electron chi connectivity index (χ2n) is 9.12. The number of hydrogen-bond acceptors (Lipinski definition) is 2. The van der Waals surface area contributed by atoms with E-state index < -0.39 is 0 Å². The van der Waals surface area contributed by atoms with E-state index in [9.17, 15) is 0 Å².